The van der Waals surface area contributed by atoms with Crippen LogP contribution < -0.4 is 5.32 Å². The van der Waals surface area contributed by atoms with Gasteiger partial charge in [0.05, 0.1) is 11.7 Å². The number of nitrogens with zero attached hydrogens (tertiary/aromatic N) is 1. The van der Waals surface area contributed by atoms with Crippen LogP contribution in [0.15, 0.2) is 24.3 Å². The van der Waals surface area contributed by atoms with Gasteiger partial charge in [0.25, 0.3) is 0 Å². The van der Waals surface area contributed by atoms with E-state index in [4.69, 9.17) is 0 Å². The van der Waals surface area contributed by atoms with E-state index in [0.717, 1.165) is 6.42 Å². The second kappa shape index (κ2) is 2.67. The van der Waals surface area contributed by atoms with Gasteiger partial charge in [0.15, 0.2) is 0 Å². The molecule has 0 saturated heterocycles. The summed E-state index contributed by atoms with van der Waals surface area (Å²) >= 11 is 0. The lowest BCUT2D eigenvalue weighted by Crippen LogP contribution is -2.06. The molecule has 0 bridgehead atoms. The van der Waals surface area contributed by atoms with Crippen molar-refractivity contribution in [1.29, 1.82) is 0 Å². The van der Waals surface area contributed by atoms with E-state index in [0.29, 0.717) is 12.0 Å². The smallest absolute Gasteiger partial charge is 0.0885 e. The van der Waals surface area contributed by atoms with E-state index in [1.807, 2.05) is 0 Å². The third-order valence-corrected chi connectivity index (χ3v) is 3.90. The van der Waals surface area contributed by atoms with Gasteiger partial charge in [-0.05, 0) is 30.5 Å². The number of aryl methyl sites for hydroxylation is 1. The molecule has 1 aromatic heterocycles. The number of hydrogen-bond acceptors (Lipinski definition) is 2. The van der Waals surface area contributed by atoms with Crippen LogP contribution in [-0.2, 0) is 6.42 Å². The van der Waals surface area contributed by atoms with E-state index >= 15 is 0 Å². The zero-order valence-electron chi connectivity index (χ0n) is 9.12. The van der Waals surface area contributed by atoms with Crippen molar-refractivity contribution in [3.05, 3.63) is 46.8 Å². The number of benzene rings is 1. The minimum Gasteiger partial charge on any atom is -0.376 e. The summed E-state index contributed by atoms with van der Waals surface area (Å²) in [5.74, 6) is 0.585. The molecule has 2 heterocycles. The summed E-state index contributed by atoms with van der Waals surface area (Å²) in [7, 11) is 0. The van der Waals surface area contributed by atoms with Crippen molar-refractivity contribution in [2.45, 2.75) is 25.3 Å². The summed E-state index contributed by atoms with van der Waals surface area (Å²) in [6.07, 6.45) is 1.12. The second-order valence-electron chi connectivity index (χ2n) is 4.73. The highest BCUT2D eigenvalue weighted by atomic mass is 15.2. The lowest BCUT2D eigenvalue weighted by atomic mass is 9.96. The average Bonchev–Trinajstić information content (AvgIpc) is 2.91. The fraction of sp³-hybridized carbons (Fsp3) is 0.308. The van der Waals surface area contributed by atoms with Crippen LogP contribution in [0.25, 0.3) is 0 Å². The van der Waals surface area contributed by atoms with Gasteiger partial charge in [-0.1, -0.05) is 18.2 Å². The first-order valence-corrected chi connectivity index (χ1v) is 5.74. The number of rotatable bonds is 0. The molecule has 2 unspecified atom stereocenters. The molecule has 1 aromatic carbocycles. The number of para-hydroxylation sites is 1. The maximum absolute atomic E-state index is 4.43. The topological polar surface area (TPSA) is 40.7 Å². The van der Waals surface area contributed by atoms with Crippen molar-refractivity contribution in [3.63, 3.8) is 0 Å². The lowest BCUT2D eigenvalue weighted by Gasteiger charge is -2.09. The van der Waals surface area contributed by atoms with Crippen LogP contribution in [-0.4, -0.2) is 10.2 Å². The van der Waals surface area contributed by atoms with E-state index in [2.05, 4.69) is 46.7 Å². The Morgan fingerprint density at radius 1 is 1.31 bits per heavy atom. The largest absolute Gasteiger partial charge is 0.376 e. The average molecular weight is 211 g/mol. The highest BCUT2D eigenvalue weighted by molar-refractivity contribution is 5.63. The molecule has 2 aliphatic rings. The maximum atomic E-state index is 4.43. The summed E-state index contributed by atoms with van der Waals surface area (Å²) in [5.41, 5.74) is 6.59. The molecule has 0 amide bonds. The molecular weight excluding hydrogens is 198 g/mol. The first-order chi connectivity index (χ1) is 7.84. The molecule has 1 aliphatic carbocycles. The third-order valence-electron chi connectivity index (χ3n) is 3.90. The van der Waals surface area contributed by atoms with E-state index in [-0.39, 0.29) is 0 Å². The molecule has 0 saturated carbocycles. The number of aromatic nitrogens is 2. The van der Waals surface area contributed by atoms with Crippen molar-refractivity contribution in [3.8, 4) is 0 Å². The van der Waals surface area contributed by atoms with Crippen LogP contribution in [0, 0.1) is 6.92 Å². The lowest BCUT2D eigenvalue weighted by molar-refractivity contribution is 0.654. The molecule has 3 heteroatoms. The number of H-pyrrole nitrogens is 1. The monoisotopic (exact) mass is 211 g/mol. The number of aromatic amines is 1. The van der Waals surface area contributed by atoms with Gasteiger partial charge in [0.2, 0.25) is 0 Å². The fourth-order valence-corrected chi connectivity index (χ4v) is 3.09. The van der Waals surface area contributed by atoms with Crippen LogP contribution in [0.3, 0.4) is 0 Å². The molecule has 0 fully saturated rings. The molecule has 2 atom stereocenters. The minimum atomic E-state index is 0.386. The highest BCUT2D eigenvalue weighted by Crippen LogP contribution is 2.51. The Kier molecular flexibility index (Phi) is 1.40. The zero-order valence-corrected chi connectivity index (χ0v) is 9.12. The van der Waals surface area contributed by atoms with E-state index in [1.54, 1.807) is 0 Å². The summed E-state index contributed by atoms with van der Waals surface area (Å²) in [6, 6.07) is 8.99. The van der Waals surface area contributed by atoms with Crippen molar-refractivity contribution < 1.29 is 0 Å². The van der Waals surface area contributed by atoms with E-state index < -0.39 is 0 Å². The number of fused-ring (bicyclic) bond motifs is 5. The predicted molar refractivity (Wildman–Crippen MR) is 62.6 cm³/mol. The molecule has 1 aliphatic heterocycles. The Morgan fingerprint density at radius 2 is 2.19 bits per heavy atom. The van der Waals surface area contributed by atoms with Gasteiger partial charge in [-0.3, -0.25) is 5.10 Å². The molecule has 4 rings (SSSR count). The standard InChI is InChI=1S/C13H13N3/c1-7-9-6-10-8-4-2-3-5-11(8)14-12(10)13(9)16-15-7/h2-5,10,12,14H,6H2,1H3,(H,15,16). The normalized spacial score (nSPS) is 24.8. The molecular formula is C13H13N3. The Morgan fingerprint density at radius 3 is 3.12 bits per heavy atom. The number of hydrogen-bond donors (Lipinski definition) is 2. The van der Waals surface area contributed by atoms with Gasteiger partial charge >= 0.3 is 0 Å². The van der Waals surface area contributed by atoms with Crippen LogP contribution in [0.4, 0.5) is 5.69 Å². The summed E-state index contributed by atoms with van der Waals surface area (Å²) in [4.78, 5) is 0. The van der Waals surface area contributed by atoms with Crippen molar-refractivity contribution in [2.75, 3.05) is 5.32 Å². The zero-order chi connectivity index (χ0) is 10.7. The number of nitrogens with one attached hydrogen (secondary N) is 2. The number of anilines is 1. The minimum absolute atomic E-state index is 0.386. The molecule has 3 nitrogen and oxygen atoms in total. The van der Waals surface area contributed by atoms with Crippen molar-refractivity contribution in [1.82, 2.24) is 10.2 Å². The maximum Gasteiger partial charge on any atom is 0.0885 e. The van der Waals surface area contributed by atoms with E-state index in [9.17, 15) is 0 Å². The summed E-state index contributed by atoms with van der Waals surface area (Å²) in [6.45, 7) is 2.11. The van der Waals surface area contributed by atoms with Gasteiger partial charge in [-0.25, -0.2) is 0 Å². The molecule has 2 N–H and O–H groups in total. The second-order valence-corrected chi connectivity index (χ2v) is 4.73. The summed E-state index contributed by atoms with van der Waals surface area (Å²) in [5, 5.41) is 11.1. The summed E-state index contributed by atoms with van der Waals surface area (Å²) < 4.78 is 0. The van der Waals surface area contributed by atoms with Crippen LogP contribution >= 0.6 is 0 Å². The van der Waals surface area contributed by atoms with Crippen LogP contribution in [0.2, 0.25) is 0 Å². The molecule has 16 heavy (non-hydrogen) atoms. The quantitative estimate of drug-likeness (QED) is 0.703. The first-order valence-electron chi connectivity index (χ1n) is 5.74. The van der Waals surface area contributed by atoms with Gasteiger partial charge in [0, 0.05) is 17.3 Å². The Labute approximate surface area is 93.9 Å². The predicted octanol–water partition coefficient (Wildman–Crippen LogP) is 2.52. The van der Waals surface area contributed by atoms with Crippen LogP contribution in [0.1, 0.15) is 34.5 Å². The molecule has 0 radical (unpaired) electrons. The molecule has 0 spiro atoms. The third kappa shape index (κ3) is 0.865. The Bertz CT molecular complexity index is 570. The first kappa shape index (κ1) is 8.39. The van der Waals surface area contributed by atoms with Crippen molar-refractivity contribution in [2.24, 2.45) is 0 Å². The van der Waals surface area contributed by atoms with E-state index in [1.165, 1.54) is 28.2 Å². The van der Waals surface area contributed by atoms with Gasteiger partial charge in [-0.2, -0.15) is 5.10 Å². The molecule has 80 valence electrons. The SMILES string of the molecule is Cc1[nH]nc2c1CC1c3ccccc3NC21. The van der Waals surface area contributed by atoms with Gasteiger partial charge < -0.3 is 5.32 Å². The highest BCUT2D eigenvalue weighted by Gasteiger charge is 2.41. The Hall–Kier alpha value is -1.77. The van der Waals surface area contributed by atoms with Gasteiger partial charge in [0.1, 0.15) is 0 Å². The van der Waals surface area contributed by atoms with Crippen LogP contribution in [0.5, 0.6) is 0 Å². The van der Waals surface area contributed by atoms with Gasteiger partial charge in [-0.15, -0.1) is 0 Å². The Balaban J connectivity index is 1.86. The fourth-order valence-electron chi connectivity index (χ4n) is 3.09. The molecule has 2 aromatic rings. The van der Waals surface area contributed by atoms with Crippen molar-refractivity contribution >= 4 is 5.69 Å².